The number of nitrogens with one attached hydrogen (secondary N) is 3. The Morgan fingerprint density at radius 1 is 1.15 bits per heavy atom. The number of amides is 2. The number of hydrogen-bond acceptors (Lipinski definition) is 2. The fourth-order valence-electron chi connectivity index (χ4n) is 3.45. The maximum atomic E-state index is 11.9. The zero-order valence-electron chi connectivity index (χ0n) is 11.8. The summed E-state index contributed by atoms with van der Waals surface area (Å²) in [5, 5.41) is 9.52. The van der Waals surface area contributed by atoms with Crippen LogP contribution in [0.1, 0.15) is 24.8 Å². The molecule has 2 amide bonds. The minimum atomic E-state index is -0.0386. The molecule has 1 saturated heterocycles. The van der Waals surface area contributed by atoms with Gasteiger partial charge in [0.2, 0.25) is 0 Å². The van der Waals surface area contributed by atoms with Crippen LogP contribution in [-0.2, 0) is 6.54 Å². The van der Waals surface area contributed by atoms with Crippen LogP contribution in [0.3, 0.4) is 0 Å². The molecule has 2 aliphatic rings. The smallest absolute Gasteiger partial charge is 0.315 e. The van der Waals surface area contributed by atoms with Crippen LogP contribution in [-0.4, -0.2) is 25.2 Å². The molecule has 2 fully saturated rings. The van der Waals surface area contributed by atoms with Crippen LogP contribution in [0, 0.1) is 11.8 Å². The molecule has 1 aromatic carbocycles. The summed E-state index contributed by atoms with van der Waals surface area (Å²) in [6.45, 7) is 2.87. The fraction of sp³-hybridized carbons (Fsp3) is 0.562. The second kappa shape index (κ2) is 6.27. The number of benzene rings is 1. The first kappa shape index (κ1) is 13.4. The summed E-state index contributed by atoms with van der Waals surface area (Å²) < 4.78 is 0. The van der Waals surface area contributed by atoms with Crippen molar-refractivity contribution in [2.24, 2.45) is 11.8 Å². The third-order valence-electron chi connectivity index (χ3n) is 4.58. The van der Waals surface area contributed by atoms with Gasteiger partial charge in [-0.2, -0.15) is 0 Å². The third-order valence-corrected chi connectivity index (χ3v) is 4.58. The van der Waals surface area contributed by atoms with E-state index in [4.69, 9.17) is 0 Å². The van der Waals surface area contributed by atoms with Crippen molar-refractivity contribution in [3.05, 3.63) is 35.9 Å². The molecule has 0 aromatic heterocycles. The molecule has 108 valence electrons. The highest BCUT2D eigenvalue weighted by Crippen LogP contribution is 2.32. The van der Waals surface area contributed by atoms with Gasteiger partial charge in [0.15, 0.2) is 0 Å². The van der Waals surface area contributed by atoms with E-state index in [1.165, 1.54) is 6.42 Å². The average molecular weight is 273 g/mol. The normalized spacial score (nSPS) is 28.7. The summed E-state index contributed by atoms with van der Waals surface area (Å²) in [6, 6.07) is 10.3. The molecule has 1 aliphatic heterocycles. The maximum Gasteiger partial charge on any atom is 0.315 e. The first-order valence-electron chi connectivity index (χ1n) is 7.60. The number of hydrogen-bond donors (Lipinski definition) is 3. The second-order valence-corrected chi connectivity index (χ2v) is 6.00. The summed E-state index contributed by atoms with van der Waals surface area (Å²) in [4.78, 5) is 11.9. The second-order valence-electron chi connectivity index (χ2n) is 6.00. The molecule has 20 heavy (non-hydrogen) atoms. The van der Waals surface area contributed by atoms with E-state index < -0.39 is 0 Å². The highest BCUT2D eigenvalue weighted by molar-refractivity contribution is 5.74. The highest BCUT2D eigenvalue weighted by Gasteiger charge is 2.34. The molecule has 4 nitrogen and oxygen atoms in total. The average Bonchev–Trinajstić information content (AvgIpc) is 2.94. The maximum absolute atomic E-state index is 11.9. The van der Waals surface area contributed by atoms with Gasteiger partial charge < -0.3 is 16.0 Å². The van der Waals surface area contributed by atoms with Crippen LogP contribution in [0.15, 0.2) is 30.3 Å². The van der Waals surface area contributed by atoms with Gasteiger partial charge in [-0.15, -0.1) is 0 Å². The van der Waals surface area contributed by atoms with Gasteiger partial charge >= 0.3 is 6.03 Å². The van der Waals surface area contributed by atoms with Gasteiger partial charge in [0.25, 0.3) is 0 Å². The largest absolute Gasteiger partial charge is 0.335 e. The van der Waals surface area contributed by atoms with Gasteiger partial charge in [0, 0.05) is 12.6 Å². The molecule has 1 aromatic rings. The lowest BCUT2D eigenvalue weighted by Gasteiger charge is -2.31. The number of carbonyl (C=O) groups is 1. The van der Waals surface area contributed by atoms with Crippen molar-refractivity contribution in [1.82, 2.24) is 16.0 Å². The van der Waals surface area contributed by atoms with Gasteiger partial charge in [0.05, 0.1) is 0 Å². The molecule has 0 radical (unpaired) electrons. The Labute approximate surface area is 120 Å². The number of urea groups is 1. The molecule has 1 unspecified atom stereocenters. The summed E-state index contributed by atoms with van der Waals surface area (Å²) >= 11 is 0. The van der Waals surface area contributed by atoms with Gasteiger partial charge in [0.1, 0.15) is 0 Å². The van der Waals surface area contributed by atoms with Crippen LogP contribution in [0.4, 0.5) is 4.79 Å². The quantitative estimate of drug-likeness (QED) is 0.787. The van der Waals surface area contributed by atoms with E-state index in [0.29, 0.717) is 12.6 Å². The first-order valence-corrected chi connectivity index (χ1v) is 7.60. The predicted molar refractivity (Wildman–Crippen MR) is 79.3 cm³/mol. The lowest BCUT2D eigenvalue weighted by atomic mass is 9.79. The highest BCUT2D eigenvalue weighted by atomic mass is 16.2. The number of fused-ring (bicyclic) bond motifs is 1. The van der Waals surface area contributed by atoms with Crippen molar-refractivity contribution in [2.45, 2.75) is 31.8 Å². The SMILES string of the molecule is O=C(NCc1ccccc1)NC1CC[C@H]2CNC[C@H]2C1. The van der Waals surface area contributed by atoms with E-state index in [0.717, 1.165) is 43.3 Å². The standard InChI is InChI=1S/C16H23N3O/c20-16(18-9-12-4-2-1-3-5-12)19-15-7-6-13-10-17-11-14(13)8-15/h1-5,13-15,17H,6-11H2,(H2,18,19,20)/t13-,14+,15?/m0/s1. The molecule has 0 spiro atoms. The van der Waals surface area contributed by atoms with Crippen molar-refractivity contribution in [1.29, 1.82) is 0 Å². The molecule has 3 rings (SSSR count). The Hall–Kier alpha value is -1.55. The van der Waals surface area contributed by atoms with E-state index in [9.17, 15) is 4.79 Å². The van der Waals surface area contributed by atoms with Crippen molar-refractivity contribution in [3.8, 4) is 0 Å². The van der Waals surface area contributed by atoms with Gasteiger partial charge in [-0.3, -0.25) is 0 Å². The minimum absolute atomic E-state index is 0.0386. The van der Waals surface area contributed by atoms with Crippen molar-refractivity contribution < 1.29 is 4.79 Å². The Morgan fingerprint density at radius 2 is 1.95 bits per heavy atom. The zero-order valence-corrected chi connectivity index (χ0v) is 11.8. The monoisotopic (exact) mass is 273 g/mol. The summed E-state index contributed by atoms with van der Waals surface area (Å²) in [5.41, 5.74) is 1.13. The molecular weight excluding hydrogens is 250 g/mol. The van der Waals surface area contributed by atoms with E-state index >= 15 is 0 Å². The Balaban J connectivity index is 1.42. The summed E-state index contributed by atoms with van der Waals surface area (Å²) in [5.74, 6) is 1.59. The van der Waals surface area contributed by atoms with Crippen LogP contribution in [0.2, 0.25) is 0 Å². The Kier molecular flexibility index (Phi) is 4.21. The topological polar surface area (TPSA) is 53.2 Å². The molecule has 3 atom stereocenters. The third kappa shape index (κ3) is 3.31. The van der Waals surface area contributed by atoms with Crippen molar-refractivity contribution in [2.75, 3.05) is 13.1 Å². The van der Waals surface area contributed by atoms with Crippen LogP contribution in [0.25, 0.3) is 0 Å². The van der Waals surface area contributed by atoms with E-state index in [2.05, 4.69) is 16.0 Å². The van der Waals surface area contributed by atoms with E-state index in [1.54, 1.807) is 0 Å². The lowest BCUT2D eigenvalue weighted by molar-refractivity contribution is 0.215. The summed E-state index contributed by atoms with van der Waals surface area (Å²) in [6.07, 6.45) is 3.47. The van der Waals surface area contributed by atoms with Gasteiger partial charge in [-0.25, -0.2) is 4.79 Å². The molecule has 1 saturated carbocycles. The van der Waals surface area contributed by atoms with Crippen LogP contribution in [0.5, 0.6) is 0 Å². The van der Waals surface area contributed by atoms with Crippen LogP contribution >= 0.6 is 0 Å². The van der Waals surface area contributed by atoms with Crippen molar-refractivity contribution >= 4 is 6.03 Å². The van der Waals surface area contributed by atoms with Gasteiger partial charge in [-0.05, 0) is 49.8 Å². The van der Waals surface area contributed by atoms with Crippen LogP contribution < -0.4 is 16.0 Å². The Morgan fingerprint density at radius 3 is 2.80 bits per heavy atom. The number of carbonyl (C=O) groups excluding carboxylic acids is 1. The molecule has 1 heterocycles. The minimum Gasteiger partial charge on any atom is -0.335 e. The molecule has 4 heteroatoms. The van der Waals surface area contributed by atoms with E-state index in [1.807, 2.05) is 30.3 Å². The van der Waals surface area contributed by atoms with E-state index in [-0.39, 0.29) is 6.03 Å². The molecule has 0 bridgehead atoms. The molecule has 1 aliphatic carbocycles. The fourth-order valence-corrected chi connectivity index (χ4v) is 3.45. The number of rotatable bonds is 3. The Bertz CT molecular complexity index is 448. The first-order chi connectivity index (χ1) is 9.81. The lowest BCUT2D eigenvalue weighted by Crippen LogP contribution is -2.45. The van der Waals surface area contributed by atoms with Crippen molar-refractivity contribution in [3.63, 3.8) is 0 Å². The summed E-state index contributed by atoms with van der Waals surface area (Å²) in [7, 11) is 0. The predicted octanol–water partition coefficient (Wildman–Crippen LogP) is 1.87. The zero-order chi connectivity index (χ0) is 13.8. The molecular formula is C16H23N3O. The molecule has 3 N–H and O–H groups in total. The van der Waals surface area contributed by atoms with Gasteiger partial charge in [-0.1, -0.05) is 30.3 Å².